The number of benzene rings is 1. The van der Waals surface area contributed by atoms with E-state index in [1.54, 1.807) is 25.6 Å². The van der Waals surface area contributed by atoms with Crippen LogP contribution in [0.3, 0.4) is 0 Å². The molecule has 1 atom stereocenters. The molecule has 0 fully saturated rings. The predicted octanol–water partition coefficient (Wildman–Crippen LogP) is 3.09. The zero-order valence-corrected chi connectivity index (χ0v) is 13.2. The fourth-order valence-corrected chi connectivity index (χ4v) is 3.88. The third-order valence-corrected chi connectivity index (χ3v) is 5.14. The van der Waals surface area contributed by atoms with Crippen LogP contribution in [0.25, 0.3) is 0 Å². The van der Waals surface area contributed by atoms with Crippen LogP contribution < -0.4 is 15.2 Å². The molecule has 112 valence electrons. The van der Waals surface area contributed by atoms with Crippen molar-refractivity contribution in [2.45, 2.75) is 31.7 Å². The van der Waals surface area contributed by atoms with Gasteiger partial charge in [0, 0.05) is 4.88 Å². The second-order valence-corrected chi connectivity index (χ2v) is 6.34. The summed E-state index contributed by atoms with van der Waals surface area (Å²) in [4.78, 5) is 6.16. The molecule has 21 heavy (non-hydrogen) atoms. The standard InChI is InChI=1S/C16H20N2O2S/c1-19-12-8-7-10(9-13(12)20-2)15(17)16-18-11-5-3-4-6-14(11)21-16/h7-9,15H,3-6,17H2,1-2H3. The summed E-state index contributed by atoms with van der Waals surface area (Å²) in [5.74, 6) is 1.42. The molecule has 1 aliphatic carbocycles. The molecule has 0 spiro atoms. The summed E-state index contributed by atoms with van der Waals surface area (Å²) in [6, 6.07) is 5.60. The number of aromatic nitrogens is 1. The van der Waals surface area contributed by atoms with Gasteiger partial charge in [0.05, 0.1) is 26.0 Å². The molecular formula is C16H20N2O2S. The molecule has 0 saturated heterocycles. The van der Waals surface area contributed by atoms with Gasteiger partial charge in [-0.1, -0.05) is 6.07 Å². The maximum absolute atomic E-state index is 6.40. The molecule has 0 amide bonds. The Labute approximate surface area is 128 Å². The largest absolute Gasteiger partial charge is 0.493 e. The highest BCUT2D eigenvalue weighted by Crippen LogP contribution is 2.34. The van der Waals surface area contributed by atoms with E-state index in [-0.39, 0.29) is 6.04 Å². The average Bonchev–Trinajstić information content (AvgIpc) is 2.97. The minimum absolute atomic E-state index is 0.208. The maximum atomic E-state index is 6.40. The van der Waals surface area contributed by atoms with E-state index in [4.69, 9.17) is 20.2 Å². The molecule has 2 N–H and O–H groups in total. The van der Waals surface area contributed by atoms with Crippen LogP contribution in [-0.4, -0.2) is 19.2 Å². The molecule has 5 heteroatoms. The van der Waals surface area contributed by atoms with Gasteiger partial charge in [-0.05, 0) is 43.4 Å². The van der Waals surface area contributed by atoms with Crippen molar-refractivity contribution in [2.75, 3.05) is 14.2 Å². The second kappa shape index (κ2) is 6.03. The molecule has 1 unspecified atom stereocenters. The van der Waals surface area contributed by atoms with E-state index in [2.05, 4.69) is 0 Å². The first kappa shape index (κ1) is 14.4. The first-order valence-electron chi connectivity index (χ1n) is 7.19. The lowest BCUT2D eigenvalue weighted by Gasteiger charge is -2.13. The van der Waals surface area contributed by atoms with Crippen LogP contribution in [0.4, 0.5) is 0 Å². The number of thiazole rings is 1. The summed E-state index contributed by atoms with van der Waals surface area (Å²) in [6.07, 6.45) is 4.73. The number of hydrogen-bond acceptors (Lipinski definition) is 5. The first-order chi connectivity index (χ1) is 10.2. The Morgan fingerprint density at radius 2 is 1.90 bits per heavy atom. The molecule has 3 rings (SSSR count). The van der Waals surface area contributed by atoms with Crippen molar-refractivity contribution in [1.82, 2.24) is 4.98 Å². The number of nitrogens with two attached hydrogens (primary N) is 1. The Hall–Kier alpha value is -1.59. The molecule has 0 aliphatic heterocycles. The number of ether oxygens (including phenoxy) is 2. The maximum Gasteiger partial charge on any atom is 0.161 e. The fraction of sp³-hybridized carbons (Fsp3) is 0.438. The lowest BCUT2D eigenvalue weighted by molar-refractivity contribution is 0.354. The number of hydrogen-bond donors (Lipinski definition) is 1. The van der Waals surface area contributed by atoms with Gasteiger partial charge in [0.2, 0.25) is 0 Å². The van der Waals surface area contributed by atoms with E-state index in [0.717, 1.165) is 23.4 Å². The summed E-state index contributed by atoms with van der Waals surface area (Å²) in [5.41, 5.74) is 8.64. The highest BCUT2D eigenvalue weighted by Gasteiger charge is 2.20. The number of aryl methyl sites for hydroxylation is 2. The Morgan fingerprint density at radius 1 is 1.14 bits per heavy atom. The van der Waals surface area contributed by atoms with E-state index < -0.39 is 0 Å². The zero-order valence-electron chi connectivity index (χ0n) is 12.4. The topological polar surface area (TPSA) is 57.4 Å². The highest BCUT2D eigenvalue weighted by molar-refractivity contribution is 7.11. The summed E-state index contributed by atoms with van der Waals surface area (Å²) in [6.45, 7) is 0. The van der Waals surface area contributed by atoms with Crippen LogP contribution in [0, 0.1) is 0 Å². The van der Waals surface area contributed by atoms with Gasteiger partial charge in [0.15, 0.2) is 11.5 Å². The van der Waals surface area contributed by atoms with Gasteiger partial charge in [-0.25, -0.2) is 4.98 Å². The van der Waals surface area contributed by atoms with Crippen molar-refractivity contribution >= 4 is 11.3 Å². The summed E-state index contributed by atoms with van der Waals surface area (Å²) in [7, 11) is 3.27. The van der Waals surface area contributed by atoms with Crippen LogP contribution in [0.2, 0.25) is 0 Å². The normalized spacial score (nSPS) is 15.4. The summed E-state index contributed by atoms with van der Waals surface area (Å²) < 4.78 is 10.6. The molecule has 2 aromatic rings. The minimum Gasteiger partial charge on any atom is -0.493 e. The third kappa shape index (κ3) is 2.76. The molecule has 0 saturated carbocycles. The number of fused-ring (bicyclic) bond motifs is 1. The van der Waals surface area contributed by atoms with Gasteiger partial charge in [-0.15, -0.1) is 11.3 Å². The lowest BCUT2D eigenvalue weighted by Crippen LogP contribution is -2.12. The van der Waals surface area contributed by atoms with Crippen molar-refractivity contribution in [3.05, 3.63) is 39.3 Å². The van der Waals surface area contributed by atoms with Gasteiger partial charge < -0.3 is 15.2 Å². The van der Waals surface area contributed by atoms with E-state index in [1.807, 2.05) is 18.2 Å². The van der Waals surface area contributed by atoms with E-state index in [1.165, 1.54) is 23.4 Å². The minimum atomic E-state index is -0.208. The van der Waals surface area contributed by atoms with Gasteiger partial charge in [-0.2, -0.15) is 0 Å². The molecule has 1 aromatic heterocycles. The van der Waals surface area contributed by atoms with Crippen molar-refractivity contribution in [1.29, 1.82) is 0 Å². The second-order valence-electron chi connectivity index (χ2n) is 5.22. The van der Waals surface area contributed by atoms with Crippen molar-refractivity contribution in [3.63, 3.8) is 0 Å². The molecule has 0 bridgehead atoms. The van der Waals surface area contributed by atoms with Crippen LogP contribution in [0.1, 0.15) is 40.0 Å². The Kier molecular flexibility index (Phi) is 4.12. The Bertz CT molecular complexity index is 616. The van der Waals surface area contributed by atoms with Gasteiger partial charge in [0.25, 0.3) is 0 Å². The van der Waals surface area contributed by atoms with Crippen LogP contribution in [-0.2, 0) is 12.8 Å². The van der Waals surface area contributed by atoms with Gasteiger partial charge >= 0.3 is 0 Å². The van der Waals surface area contributed by atoms with E-state index in [0.29, 0.717) is 11.5 Å². The first-order valence-corrected chi connectivity index (χ1v) is 8.00. The third-order valence-electron chi connectivity index (χ3n) is 3.89. The zero-order chi connectivity index (χ0) is 14.8. The fourth-order valence-electron chi connectivity index (χ4n) is 2.69. The number of nitrogens with zero attached hydrogens (tertiary/aromatic N) is 1. The highest BCUT2D eigenvalue weighted by atomic mass is 32.1. The monoisotopic (exact) mass is 304 g/mol. The lowest BCUT2D eigenvalue weighted by atomic mass is 10.0. The Morgan fingerprint density at radius 3 is 2.62 bits per heavy atom. The SMILES string of the molecule is COc1ccc(C(N)c2nc3c(s2)CCCC3)cc1OC. The smallest absolute Gasteiger partial charge is 0.161 e. The van der Waals surface area contributed by atoms with Crippen molar-refractivity contribution in [3.8, 4) is 11.5 Å². The molecule has 1 aliphatic rings. The van der Waals surface area contributed by atoms with Crippen molar-refractivity contribution < 1.29 is 9.47 Å². The van der Waals surface area contributed by atoms with Crippen LogP contribution in [0.5, 0.6) is 11.5 Å². The molecule has 0 radical (unpaired) electrons. The van der Waals surface area contributed by atoms with Gasteiger partial charge in [0.1, 0.15) is 5.01 Å². The Balaban J connectivity index is 1.90. The quantitative estimate of drug-likeness (QED) is 0.943. The molecular weight excluding hydrogens is 284 g/mol. The predicted molar refractivity (Wildman–Crippen MR) is 84.3 cm³/mol. The van der Waals surface area contributed by atoms with Crippen molar-refractivity contribution in [2.24, 2.45) is 5.73 Å². The summed E-state index contributed by atoms with van der Waals surface area (Å²) >= 11 is 1.75. The van der Waals surface area contributed by atoms with Crippen LogP contribution in [0.15, 0.2) is 18.2 Å². The number of methoxy groups -OCH3 is 2. The molecule has 4 nitrogen and oxygen atoms in total. The van der Waals surface area contributed by atoms with E-state index >= 15 is 0 Å². The van der Waals surface area contributed by atoms with Crippen LogP contribution >= 0.6 is 11.3 Å². The average molecular weight is 304 g/mol. The van der Waals surface area contributed by atoms with Gasteiger partial charge in [-0.3, -0.25) is 0 Å². The summed E-state index contributed by atoms with van der Waals surface area (Å²) in [5, 5.41) is 0.995. The molecule has 1 heterocycles. The number of rotatable bonds is 4. The molecule has 1 aromatic carbocycles. The van der Waals surface area contributed by atoms with E-state index in [9.17, 15) is 0 Å².